The SMILES string of the molecule is O=C(CCc1ccsc1)C1CCCCS1(=O)=O. The summed E-state index contributed by atoms with van der Waals surface area (Å²) in [6.45, 7) is 0. The maximum atomic E-state index is 11.9. The van der Waals surface area contributed by atoms with Gasteiger partial charge in [-0.25, -0.2) is 8.42 Å². The van der Waals surface area contributed by atoms with E-state index in [1.54, 1.807) is 11.3 Å². The summed E-state index contributed by atoms with van der Waals surface area (Å²) >= 11 is 1.60. The van der Waals surface area contributed by atoms with Crippen LogP contribution in [0.2, 0.25) is 0 Å². The molecule has 5 heteroatoms. The molecule has 1 atom stereocenters. The molecule has 17 heavy (non-hydrogen) atoms. The van der Waals surface area contributed by atoms with Crippen molar-refractivity contribution in [3.8, 4) is 0 Å². The van der Waals surface area contributed by atoms with E-state index in [0.29, 0.717) is 25.7 Å². The van der Waals surface area contributed by atoms with Crippen LogP contribution in [0.25, 0.3) is 0 Å². The first-order valence-electron chi connectivity index (χ1n) is 5.85. The molecule has 0 spiro atoms. The Hall–Kier alpha value is -0.680. The van der Waals surface area contributed by atoms with Crippen LogP contribution in [-0.2, 0) is 21.1 Å². The predicted molar refractivity (Wildman–Crippen MR) is 69.1 cm³/mol. The number of carbonyl (C=O) groups is 1. The number of hydrogen-bond acceptors (Lipinski definition) is 4. The number of Topliss-reactive ketones (excluding diaryl/α,β-unsaturated/α-hetero) is 1. The van der Waals surface area contributed by atoms with Gasteiger partial charge in [-0.2, -0.15) is 11.3 Å². The summed E-state index contributed by atoms with van der Waals surface area (Å²) in [5, 5.41) is 3.25. The van der Waals surface area contributed by atoms with Crippen molar-refractivity contribution in [1.82, 2.24) is 0 Å². The van der Waals surface area contributed by atoms with E-state index in [9.17, 15) is 13.2 Å². The van der Waals surface area contributed by atoms with E-state index in [1.165, 1.54) is 0 Å². The Morgan fingerprint density at radius 1 is 1.41 bits per heavy atom. The summed E-state index contributed by atoms with van der Waals surface area (Å²) in [5.41, 5.74) is 1.12. The van der Waals surface area contributed by atoms with Crippen LogP contribution in [0.1, 0.15) is 31.2 Å². The van der Waals surface area contributed by atoms with Gasteiger partial charge in [0.05, 0.1) is 5.75 Å². The molecule has 0 radical (unpaired) electrons. The lowest BCUT2D eigenvalue weighted by molar-refractivity contribution is -0.118. The Kier molecular flexibility index (Phi) is 3.99. The monoisotopic (exact) mass is 272 g/mol. The number of rotatable bonds is 4. The lowest BCUT2D eigenvalue weighted by atomic mass is 10.0. The molecule has 1 aliphatic rings. The Labute approximate surface area is 106 Å². The third-order valence-electron chi connectivity index (χ3n) is 3.18. The van der Waals surface area contributed by atoms with Crippen LogP contribution >= 0.6 is 11.3 Å². The molecule has 0 aromatic carbocycles. The molecule has 2 heterocycles. The minimum absolute atomic E-state index is 0.101. The molecule has 2 rings (SSSR count). The largest absolute Gasteiger partial charge is 0.298 e. The van der Waals surface area contributed by atoms with Crippen molar-refractivity contribution < 1.29 is 13.2 Å². The van der Waals surface area contributed by atoms with Gasteiger partial charge in [-0.05, 0) is 41.7 Å². The Bertz CT molecular complexity index is 474. The van der Waals surface area contributed by atoms with Crippen molar-refractivity contribution in [3.05, 3.63) is 22.4 Å². The summed E-state index contributed by atoms with van der Waals surface area (Å²) < 4.78 is 23.5. The number of sulfone groups is 1. The molecule has 1 aromatic rings. The van der Waals surface area contributed by atoms with Gasteiger partial charge < -0.3 is 0 Å². The van der Waals surface area contributed by atoms with Crippen molar-refractivity contribution in [1.29, 1.82) is 0 Å². The van der Waals surface area contributed by atoms with Gasteiger partial charge in [0.1, 0.15) is 5.25 Å². The molecular formula is C12H16O3S2. The average molecular weight is 272 g/mol. The van der Waals surface area contributed by atoms with Crippen molar-refractivity contribution in [2.45, 2.75) is 37.4 Å². The molecule has 0 bridgehead atoms. The van der Waals surface area contributed by atoms with Crippen molar-refractivity contribution >= 4 is 27.0 Å². The molecular weight excluding hydrogens is 256 g/mol. The minimum atomic E-state index is -3.16. The van der Waals surface area contributed by atoms with Gasteiger partial charge in [-0.1, -0.05) is 6.42 Å². The van der Waals surface area contributed by atoms with Crippen LogP contribution in [0.4, 0.5) is 0 Å². The number of hydrogen-bond donors (Lipinski definition) is 0. The van der Waals surface area contributed by atoms with Crippen LogP contribution in [0.15, 0.2) is 16.8 Å². The maximum absolute atomic E-state index is 11.9. The summed E-state index contributed by atoms with van der Waals surface area (Å²) in [6, 6.07) is 1.98. The Morgan fingerprint density at radius 2 is 2.24 bits per heavy atom. The quantitative estimate of drug-likeness (QED) is 0.844. The van der Waals surface area contributed by atoms with Gasteiger partial charge in [-0.15, -0.1) is 0 Å². The first-order chi connectivity index (χ1) is 8.09. The summed E-state index contributed by atoms with van der Waals surface area (Å²) in [4.78, 5) is 11.9. The zero-order chi connectivity index (χ0) is 12.3. The normalized spacial score (nSPS) is 23.4. The van der Waals surface area contributed by atoms with Gasteiger partial charge in [0, 0.05) is 6.42 Å². The van der Waals surface area contributed by atoms with Crippen molar-refractivity contribution in [2.24, 2.45) is 0 Å². The van der Waals surface area contributed by atoms with E-state index in [2.05, 4.69) is 0 Å². The Balaban J connectivity index is 1.95. The fraction of sp³-hybridized carbons (Fsp3) is 0.583. The molecule has 1 aromatic heterocycles. The highest BCUT2D eigenvalue weighted by Gasteiger charge is 2.33. The maximum Gasteiger partial charge on any atom is 0.160 e. The number of carbonyl (C=O) groups excluding carboxylic acids is 1. The topological polar surface area (TPSA) is 51.2 Å². The minimum Gasteiger partial charge on any atom is -0.298 e. The highest BCUT2D eigenvalue weighted by Crippen LogP contribution is 2.22. The lowest BCUT2D eigenvalue weighted by Gasteiger charge is -2.20. The van der Waals surface area contributed by atoms with Crippen molar-refractivity contribution in [3.63, 3.8) is 0 Å². The smallest absolute Gasteiger partial charge is 0.160 e. The summed E-state index contributed by atoms with van der Waals surface area (Å²) in [6.07, 6.45) is 3.09. The third kappa shape index (κ3) is 3.16. The van der Waals surface area contributed by atoms with E-state index in [1.807, 2.05) is 16.8 Å². The zero-order valence-electron chi connectivity index (χ0n) is 9.59. The van der Waals surface area contributed by atoms with Crippen LogP contribution < -0.4 is 0 Å². The fourth-order valence-corrected chi connectivity index (χ4v) is 4.82. The lowest BCUT2D eigenvalue weighted by Crippen LogP contribution is -2.35. The first-order valence-corrected chi connectivity index (χ1v) is 8.51. The molecule has 94 valence electrons. The average Bonchev–Trinajstić information content (AvgIpc) is 2.78. The highest BCUT2D eigenvalue weighted by molar-refractivity contribution is 7.92. The zero-order valence-corrected chi connectivity index (χ0v) is 11.2. The molecule has 0 saturated carbocycles. The van der Waals surface area contributed by atoms with E-state index < -0.39 is 15.1 Å². The number of thiophene rings is 1. The van der Waals surface area contributed by atoms with Gasteiger partial charge >= 0.3 is 0 Å². The van der Waals surface area contributed by atoms with E-state index in [-0.39, 0.29) is 11.5 Å². The molecule has 0 amide bonds. The molecule has 1 unspecified atom stereocenters. The molecule has 1 aliphatic heterocycles. The van der Waals surface area contributed by atoms with Crippen LogP contribution in [0, 0.1) is 0 Å². The summed E-state index contributed by atoms with van der Waals surface area (Å²) in [5.74, 6) is 0.0814. The van der Waals surface area contributed by atoms with Gasteiger partial charge in [-0.3, -0.25) is 4.79 Å². The predicted octanol–water partition coefficient (Wildman–Crippen LogP) is 2.22. The van der Waals surface area contributed by atoms with Crippen LogP contribution in [0.3, 0.4) is 0 Å². The van der Waals surface area contributed by atoms with Gasteiger partial charge in [0.2, 0.25) is 0 Å². The molecule has 3 nitrogen and oxygen atoms in total. The second-order valence-corrected chi connectivity index (χ2v) is 7.53. The highest BCUT2D eigenvalue weighted by atomic mass is 32.2. The summed E-state index contributed by atoms with van der Waals surface area (Å²) in [7, 11) is -3.16. The van der Waals surface area contributed by atoms with Gasteiger partial charge in [0.15, 0.2) is 15.6 Å². The standard InChI is InChI=1S/C12H16O3S2/c13-11(5-4-10-6-7-16-9-10)12-3-1-2-8-17(12,14)15/h6-7,9,12H,1-5,8H2. The van der Waals surface area contributed by atoms with E-state index >= 15 is 0 Å². The molecule has 1 saturated heterocycles. The first kappa shape index (κ1) is 12.8. The van der Waals surface area contributed by atoms with E-state index in [0.717, 1.165) is 12.0 Å². The van der Waals surface area contributed by atoms with Crippen LogP contribution in [-0.4, -0.2) is 25.2 Å². The Morgan fingerprint density at radius 3 is 2.88 bits per heavy atom. The molecule has 0 aliphatic carbocycles. The van der Waals surface area contributed by atoms with Crippen LogP contribution in [0.5, 0.6) is 0 Å². The van der Waals surface area contributed by atoms with Gasteiger partial charge in [0.25, 0.3) is 0 Å². The second kappa shape index (κ2) is 5.31. The fourth-order valence-electron chi connectivity index (χ4n) is 2.18. The molecule has 1 fully saturated rings. The number of ketones is 1. The second-order valence-electron chi connectivity index (χ2n) is 4.45. The number of aryl methyl sites for hydroxylation is 1. The van der Waals surface area contributed by atoms with E-state index in [4.69, 9.17) is 0 Å². The molecule has 0 N–H and O–H groups in total. The third-order valence-corrected chi connectivity index (χ3v) is 6.13. The van der Waals surface area contributed by atoms with Crippen molar-refractivity contribution in [2.75, 3.05) is 5.75 Å².